The van der Waals surface area contributed by atoms with Crippen LogP contribution in [0.2, 0.25) is 0 Å². The molecule has 1 amide bonds. The van der Waals surface area contributed by atoms with Crippen molar-refractivity contribution in [3.63, 3.8) is 0 Å². The number of hydrogen-bond donors (Lipinski definition) is 1. The molecule has 0 bridgehead atoms. The number of amides is 1. The second-order valence-electron chi connectivity index (χ2n) is 4.67. The molecule has 2 N–H and O–H groups in total. The van der Waals surface area contributed by atoms with Crippen LogP contribution in [0.15, 0.2) is 0 Å². The van der Waals surface area contributed by atoms with E-state index in [1.807, 2.05) is 0 Å². The molecule has 2 saturated heterocycles. The maximum absolute atomic E-state index is 10.8. The van der Waals surface area contributed by atoms with Crippen molar-refractivity contribution in [1.29, 1.82) is 0 Å². The van der Waals surface area contributed by atoms with Gasteiger partial charge in [0.2, 0.25) is 5.91 Å². The second kappa shape index (κ2) is 4.94. The SMILES string of the molecule is NC(=O)C1CN1CCCN1CCCCC1. The normalized spacial score (nSPS) is 31.5. The molecule has 0 aromatic rings. The molecule has 2 aliphatic rings. The Hall–Kier alpha value is -0.610. The van der Waals surface area contributed by atoms with E-state index in [0.29, 0.717) is 0 Å². The average Bonchev–Trinajstić information content (AvgIpc) is 2.99. The summed E-state index contributed by atoms with van der Waals surface area (Å²) in [6.45, 7) is 5.62. The lowest BCUT2D eigenvalue weighted by molar-refractivity contribution is -0.118. The monoisotopic (exact) mass is 211 g/mol. The Bertz CT molecular complexity index is 226. The van der Waals surface area contributed by atoms with E-state index in [2.05, 4.69) is 9.80 Å². The summed E-state index contributed by atoms with van der Waals surface area (Å²) in [5, 5.41) is 0. The molecule has 0 aromatic carbocycles. The van der Waals surface area contributed by atoms with Gasteiger partial charge in [-0.25, -0.2) is 0 Å². The van der Waals surface area contributed by atoms with E-state index in [0.717, 1.165) is 13.1 Å². The predicted molar refractivity (Wildman–Crippen MR) is 59.5 cm³/mol. The molecular formula is C11H21N3O. The zero-order valence-electron chi connectivity index (χ0n) is 9.32. The molecular weight excluding hydrogens is 190 g/mol. The summed E-state index contributed by atoms with van der Waals surface area (Å²) in [6.07, 6.45) is 5.28. The van der Waals surface area contributed by atoms with Crippen molar-refractivity contribution in [2.24, 2.45) is 5.73 Å². The number of likely N-dealkylation sites (tertiary alicyclic amines) is 1. The fraction of sp³-hybridized carbons (Fsp3) is 0.909. The number of nitrogens with two attached hydrogens (primary N) is 1. The van der Waals surface area contributed by atoms with Crippen LogP contribution in [0.5, 0.6) is 0 Å². The molecule has 0 radical (unpaired) electrons. The highest BCUT2D eigenvalue weighted by molar-refractivity contribution is 5.82. The molecule has 2 fully saturated rings. The highest BCUT2D eigenvalue weighted by Crippen LogP contribution is 2.17. The van der Waals surface area contributed by atoms with Crippen LogP contribution < -0.4 is 5.73 Å². The van der Waals surface area contributed by atoms with Crippen LogP contribution in [0.4, 0.5) is 0 Å². The molecule has 0 saturated carbocycles. The molecule has 4 nitrogen and oxygen atoms in total. The predicted octanol–water partition coefficient (Wildman–Crippen LogP) is 0.0319. The summed E-state index contributed by atoms with van der Waals surface area (Å²) in [5.41, 5.74) is 5.21. The first-order valence-electron chi connectivity index (χ1n) is 6.03. The first-order chi connectivity index (χ1) is 7.27. The highest BCUT2D eigenvalue weighted by Gasteiger charge is 2.37. The van der Waals surface area contributed by atoms with Gasteiger partial charge in [0.15, 0.2) is 0 Å². The second-order valence-corrected chi connectivity index (χ2v) is 4.67. The summed E-state index contributed by atoms with van der Waals surface area (Å²) in [6, 6.07) is 0.0476. The maximum atomic E-state index is 10.8. The third-order valence-corrected chi connectivity index (χ3v) is 3.41. The summed E-state index contributed by atoms with van der Waals surface area (Å²) in [4.78, 5) is 15.5. The Labute approximate surface area is 91.4 Å². The summed E-state index contributed by atoms with van der Waals surface area (Å²) >= 11 is 0. The number of hydrogen-bond acceptors (Lipinski definition) is 3. The van der Waals surface area contributed by atoms with Gasteiger partial charge in [0, 0.05) is 13.1 Å². The molecule has 86 valence electrons. The van der Waals surface area contributed by atoms with Crippen LogP contribution in [0.1, 0.15) is 25.7 Å². The number of piperidine rings is 1. The molecule has 2 atom stereocenters. The van der Waals surface area contributed by atoms with Crippen LogP contribution in [-0.4, -0.2) is 54.5 Å². The van der Waals surface area contributed by atoms with Gasteiger partial charge in [-0.2, -0.15) is 0 Å². The van der Waals surface area contributed by atoms with Crippen molar-refractivity contribution in [1.82, 2.24) is 9.80 Å². The van der Waals surface area contributed by atoms with E-state index >= 15 is 0 Å². The van der Waals surface area contributed by atoms with Crippen molar-refractivity contribution >= 4 is 5.91 Å². The standard InChI is InChI=1S/C11H21N3O/c12-11(15)10-9-14(10)8-4-7-13-5-2-1-3-6-13/h10H,1-9H2,(H2,12,15). The minimum atomic E-state index is -0.159. The van der Waals surface area contributed by atoms with Crippen molar-refractivity contribution in [2.75, 3.05) is 32.7 Å². The molecule has 0 spiro atoms. The zero-order valence-corrected chi connectivity index (χ0v) is 9.32. The van der Waals surface area contributed by atoms with Gasteiger partial charge in [0.05, 0.1) is 0 Å². The summed E-state index contributed by atoms with van der Waals surface area (Å²) in [7, 11) is 0. The van der Waals surface area contributed by atoms with Gasteiger partial charge in [0.1, 0.15) is 6.04 Å². The zero-order chi connectivity index (χ0) is 10.7. The van der Waals surface area contributed by atoms with Crippen molar-refractivity contribution in [2.45, 2.75) is 31.7 Å². The third kappa shape index (κ3) is 3.18. The Morgan fingerprint density at radius 1 is 1.20 bits per heavy atom. The van der Waals surface area contributed by atoms with Crippen LogP contribution in [0.25, 0.3) is 0 Å². The summed E-state index contributed by atoms with van der Waals surface area (Å²) < 4.78 is 0. The Balaban J connectivity index is 1.54. The Kier molecular flexibility index (Phi) is 3.59. The Morgan fingerprint density at radius 3 is 2.53 bits per heavy atom. The van der Waals surface area contributed by atoms with Gasteiger partial charge < -0.3 is 10.6 Å². The Morgan fingerprint density at radius 2 is 1.93 bits per heavy atom. The lowest BCUT2D eigenvalue weighted by atomic mass is 10.1. The highest BCUT2D eigenvalue weighted by atomic mass is 16.1. The van der Waals surface area contributed by atoms with E-state index in [1.165, 1.54) is 45.3 Å². The molecule has 2 unspecified atom stereocenters. The van der Waals surface area contributed by atoms with E-state index in [-0.39, 0.29) is 11.9 Å². The quantitative estimate of drug-likeness (QED) is 0.653. The lowest BCUT2D eigenvalue weighted by Gasteiger charge is -2.26. The largest absolute Gasteiger partial charge is 0.368 e. The molecule has 15 heavy (non-hydrogen) atoms. The molecule has 2 heterocycles. The number of nitrogens with zero attached hydrogens (tertiary/aromatic N) is 2. The molecule has 2 rings (SSSR count). The lowest BCUT2D eigenvalue weighted by Crippen LogP contribution is -2.31. The van der Waals surface area contributed by atoms with Crippen molar-refractivity contribution < 1.29 is 4.79 Å². The van der Waals surface area contributed by atoms with E-state index < -0.39 is 0 Å². The number of primary amides is 1. The fourth-order valence-corrected chi connectivity index (χ4v) is 2.37. The van der Waals surface area contributed by atoms with Gasteiger partial charge in [-0.05, 0) is 38.9 Å². The van der Waals surface area contributed by atoms with Gasteiger partial charge in [-0.1, -0.05) is 6.42 Å². The van der Waals surface area contributed by atoms with Gasteiger partial charge in [0.25, 0.3) is 0 Å². The van der Waals surface area contributed by atoms with Crippen LogP contribution in [-0.2, 0) is 4.79 Å². The topological polar surface area (TPSA) is 49.3 Å². The van der Waals surface area contributed by atoms with E-state index in [4.69, 9.17) is 5.73 Å². The van der Waals surface area contributed by atoms with Crippen LogP contribution >= 0.6 is 0 Å². The van der Waals surface area contributed by atoms with Crippen molar-refractivity contribution in [3.8, 4) is 0 Å². The van der Waals surface area contributed by atoms with Crippen LogP contribution in [0, 0.1) is 0 Å². The first-order valence-corrected chi connectivity index (χ1v) is 6.03. The van der Waals surface area contributed by atoms with E-state index in [1.54, 1.807) is 0 Å². The molecule has 2 aliphatic heterocycles. The minimum absolute atomic E-state index is 0.0476. The minimum Gasteiger partial charge on any atom is -0.368 e. The van der Waals surface area contributed by atoms with Crippen molar-refractivity contribution in [3.05, 3.63) is 0 Å². The molecule has 4 heteroatoms. The van der Waals surface area contributed by atoms with Gasteiger partial charge in [-0.3, -0.25) is 9.69 Å². The number of carbonyl (C=O) groups excluding carboxylic acids is 1. The van der Waals surface area contributed by atoms with Crippen LogP contribution in [0.3, 0.4) is 0 Å². The smallest absolute Gasteiger partial charge is 0.236 e. The van der Waals surface area contributed by atoms with Gasteiger partial charge in [-0.15, -0.1) is 0 Å². The van der Waals surface area contributed by atoms with Gasteiger partial charge >= 0.3 is 0 Å². The molecule has 0 aliphatic carbocycles. The fourth-order valence-electron chi connectivity index (χ4n) is 2.37. The first kappa shape index (κ1) is 10.9. The maximum Gasteiger partial charge on any atom is 0.236 e. The number of carbonyl (C=O) groups is 1. The number of rotatable bonds is 5. The average molecular weight is 211 g/mol. The third-order valence-electron chi connectivity index (χ3n) is 3.41. The summed E-state index contributed by atoms with van der Waals surface area (Å²) in [5.74, 6) is -0.159. The molecule has 0 aromatic heterocycles. The van der Waals surface area contributed by atoms with E-state index in [9.17, 15) is 4.79 Å².